The van der Waals surface area contributed by atoms with Crippen LogP contribution in [0.2, 0.25) is 10.0 Å². The molecule has 20 heavy (non-hydrogen) atoms. The molecule has 0 aliphatic rings. The molecule has 0 radical (unpaired) electrons. The van der Waals surface area contributed by atoms with E-state index in [1.54, 1.807) is 6.07 Å². The minimum Gasteiger partial charge on any atom is -0.322 e. The first-order valence-electron chi connectivity index (χ1n) is 5.47. The number of halogens is 3. The number of carbonyl (C=O) groups is 1. The molecule has 1 amide bonds. The van der Waals surface area contributed by atoms with Gasteiger partial charge in [-0.05, 0) is 36.4 Å². The summed E-state index contributed by atoms with van der Waals surface area (Å²) >= 11 is 11.7. The Balaban J connectivity index is 2.24. The third-order valence-electron chi connectivity index (χ3n) is 2.52. The first kappa shape index (κ1) is 14.3. The van der Waals surface area contributed by atoms with Crippen molar-refractivity contribution in [3.05, 3.63) is 63.4 Å². The molecule has 0 saturated heterocycles. The molecule has 0 spiro atoms. The third-order valence-corrected chi connectivity index (χ3v) is 3.15. The van der Waals surface area contributed by atoms with Gasteiger partial charge in [-0.1, -0.05) is 23.2 Å². The molecule has 6 heteroatoms. The Morgan fingerprint density at radius 2 is 1.90 bits per heavy atom. The summed E-state index contributed by atoms with van der Waals surface area (Å²) in [6.45, 7) is 0. The van der Waals surface area contributed by atoms with Crippen molar-refractivity contribution in [3.8, 4) is 6.07 Å². The fraction of sp³-hybridized carbons (Fsp3) is 0. The second-order valence-corrected chi connectivity index (χ2v) is 4.70. The summed E-state index contributed by atoms with van der Waals surface area (Å²) < 4.78 is 12.9. The molecular weight excluding hydrogens is 302 g/mol. The molecule has 0 fully saturated rings. The molecule has 2 aromatic carbocycles. The second-order valence-electron chi connectivity index (χ2n) is 3.88. The van der Waals surface area contributed by atoms with Gasteiger partial charge in [-0.3, -0.25) is 4.79 Å². The lowest BCUT2D eigenvalue weighted by molar-refractivity contribution is 0.102. The van der Waals surface area contributed by atoms with Crippen LogP contribution in [-0.2, 0) is 0 Å². The van der Waals surface area contributed by atoms with Crippen LogP contribution in [0.5, 0.6) is 0 Å². The van der Waals surface area contributed by atoms with Gasteiger partial charge in [0.25, 0.3) is 5.91 Å². The molecule has 0 saturated carbocycles. The van der Waals surface area contributed by atoms with Gasteiger partial charge in [0, 0.05) is 5.69 Å². The standard InChI is InChI=1S/C14H7Cl2FN2O/c15-12-6-10(3-1-8(12)7-18)19-14(20)11-4-2-9(17)5-13(11)16/h1-6H,(H,19,20). The van der Waals surface area contributed by atoms with E-state index in [2.05, 4.69) is 5.32 Å². The second kappa shape index (κ2) is 5.91. The molecule has 2 rings (SSSR count). The van der Waals surface area contributed by atoms with Crippen molar-refractivity contribution in [2.45, 2.75) is 0 Å². The highest BCUT2D eigenvalue weighted by Crippen LogP contribution is 2.22. The summed E-state index contributed by atoms with van der Waals surface area (Å²) in [5.74, 6) is -1.01. The van der Waals surface area contributed by atoms with Gasteiger partial charge in [-0.2, -0.15) is 5.26 Å². The number of benzene rings is 2. The van der Waals surface area contributed by atoms with Crippen molar-refractivity contribution in [3.63, 3.8) is 0 Å². The molecule has 100 valence electrons. The predicted octanol–water partition coefficient (Wildman–Crippen LogP) is 4.26. The minimum absolute atomic E-state index is 0.0160. The monoisotopic (exact) mass is 308 g/mol. The van der Waals surface area contributed by atoms with Gasteiger partial charge >= 0.3 is 0 Å². The van der Waals surface area contributed by atoms with Crippen LogP contribution in [0.3, 0.4) is 0 Å². The van der Waals surface area contributed by atoms with Gasteiger partial charge in [0.2, 0.25) is 0 Å². The van der Waals surface area contributed by atoms with Gasteiger partial charge in [0.1, 0.15) is 11.9 Å². The Morgan fingerprint density at radius 1 is 1.15 bits per heavy atom. The molecular formula is C14H7Cl2FN2O. The van der Waals surface area contributed by atoms with E-state index in [-0.39, 0.29) is 15.6 Å². The van der Waals surface area contributed by atoms with Crippen LogP contribution in [0, 0.1) is 17.1 Å². The van der Waals surface area contributed by atoms with Crippen LogP contribution < -0.4 is 5.32 Å². The fourth-order valence-electron chi connectivity index (χ4n) is 1.56. The van der Waals surface area contributed by atoms with Crippen molar-refractivity contribution in [1.82, 2.24) is 0 Å². The SMILES string of the molecule is N#Cc1ccc(NC(=O)c2ccc(F)cc2Cl)cc1Cl. The third kappa shape index (κ3) is 3.08. The average molecular weight is 309 g/mol. The van der Waals surface area contributed by atoms with Gasteiger partial charge < -0.3 is 5.32 Å². The Hall–Kier alpha value is -2.09. The minimum atomic E-state index is -0.520. The zero-order valence-corrected chi connectivity index (χ0v) is 11.5. The summed E-state index contributed by atoms with van der Waals surface area (Å²) in [5, 5.41) is 11.6. The average Bonchev–Trinajstić information content (AvgIpc) is 2.38. The lowest BCUT2D eigenvalue weighted by Gasteiger charge is -2.07. The number of rotatable bonds is 2. The van der Waals surface area contributed by atoms with Gasteiger partial charge in [-0.25, -0.2) is 4.39 Å². The highest BCUT2D eigenvalue weighted by Gasteiger charge is 2.12. The molecule has 1 N–H and O–H groups in total. The normalized spacial score (nSPS) is 9.90. The molecule has 0 aliphatic carbocycles. The number of amides is 1. The number of hydrogen-bond donors (Lipinski definition) is 1. The Kier molecular flexibility index (Phi) is 4.23. The summed E-state index contributed by atoms with van der Waals surface area (Å²) in [6.07, 6.45) is 0. The molecule has 0 aromatic heterocycles. The number of carbonyl (C=O) groups excluding carboxylic acids is 1. The van der Waals surface area contributed by atoms with E-state index in [4.69, 9.17) is 28.5 Å². The van der Waals surface area contributed by atoms with Crippen LogP contribution >= 0.6 is 23.2 Å². The lowest BCUT2D eigenvalue weighted by Crippen LogP contribution is -2.12. The first-order chi connectivity index (χ1) is 9.51. The molecule has 2 aromatic rings. The highest BCUT2D eigenvalue weighted by atomic mass is 35.5. The van der Waals surface area contributed by atoms with E-state index in [1.807, 2.05) is 6.07 Å². The smallest absolute Gasteiger partial charge is 0.257 e. The highest BCUT2D eigenvalue weighted by molar-refractivity contribution is 6.34. The topological polar surface area (TPSA) is 52.9 Å². The van der Waals surface area contributed by atoms with Crippen molar-refractivity contribution in [1.29, 1.82) is 5.26 Å². The van der Waals surface area contributed by atoms with Crippen molar-refractivity contribution in [2.75, 3.05) is 5.32 Å². The molecule has 0 atom stereocenters. The van der Waals surface area contributed by atoms with E-state index >= 15 is 0 Å². The van der Waals surface area contributed by atoms with Gasteiger partial charge in [0.15, 0.2) is 0 Å². The van der Waals surface area contributed by atoms with Crippen molar-refractivity contribution < 1.29 is 9.18 Å². The fourth-order valence-corrected chi connectivity index (χ4v) is 2.03. The number of nitrogens with zero attached hydrogens (tertiary/aromatic N) is 1. The summed E-state index contributed by atoms with van der Waals surface area (Å²) in [5.41, 5.74) is 0.873. The van der Waals surface area contributed by atoms with Crippen LogP contribution in [0.1, 0.15) is 15.9 Å². The van der Waals surface area contributed by atoms with Gasteiger partial charge in [-0.15, -0.1) is 0 Å². The molecule has 0 bridgehead atoms. The largest absolute Gasteiger partial charge is 0.322 e. The molecule has 0 heterocycles. The lowest BCUT2D eigenvalue weighted by atomic mass is 10.2. The van der Waals surface area contributed by atoms with Crippen LogP contribution in [-0.4, -0.2) is 5.91 Å². The predicted molar refractivity (Wildman–Crippen MR) is 75.5 cm³/mol. The maximum absolute atomic E-state index is 12.9. The van der Waals surface area contributed by atoms with E-state index in [9.17, 15) is 9.18 Å². The van der Waals surface area contributed by atoms with Crippen molar-refractivity contribution in [2.24, 2.45) is 0 Å². The number of nitrogens with one attached hydrogen (secondary N) is 1. The quantitative estimate of drug-likeness (QED) is 0.901. The number of nitriles is 1. The molecule has 0 aliphatic heterocycles. The summed E-state index contributed by atoms with van der Waals surface area (Å²) in [4.78, 5) is 12.0. The Bertz CT molecular complexity index is 726. The van der Waals surface area contributed by atoms with E-state index in [1.165, 1.54) is 18.2 Å². The molecule has 0 unspecified atom stereocenters. The number of hydrogen-bond acceptors (Lipinski definition) is 2. The van der Waals surface area contributed by atoms with Gasteiger partial charge in [0.05, 0.1) is 21.2 Å². The summed E-state index contributed by atoms with van der Waals surface area (Å²) in [7, 11) is 0. The maximum Gasteiger partial charge on any atom is 0.257 e. The Morgan fingerprint density at radius 3 is 2.50 bits per heavy atom. The van der Waals surface area contributed by atoms with E-state index < -0.39 is 11.7 Å². The van der Waals surface area contributed by atoms with E-state index in [0.29, 0.717) is 11.3 Å². The first-order valence-corrected chi connectivity index (χ1v) is 6.23. The number of anilines is 1. The van der Waals surface area contributed by atoms with Crippen LogP contribution in [0.25, 0.3) is 0 Å². The van der Waals surface area contributed by atoms with E-state index in [0.717, 1.165) is 12.1 Å². The van der Waals surface area contributed by atoms with Crippen LogP contribution in [0.4, 0.5) is 10.1 Å². The summed E-state index contributed by atoms with van der Waals surface area (Å²) in [6, 6.07) is 9.89. The molecule has 3 nitrogen and oxygen atoms in total. The van der Waals surface area contributed by atoms with Crippen molar-refractivity contribution >= 4 is 34.8 Å². The van der Waals surface area contributed by atoms with Crippen LogP contribution in [0.15, 0.2) is 36.4 Å². The zero-order chi connectivity index (χ0) is 14.7. The Labute approximate surface area is 124 Å². The maximum atomic E-state index is 12.9. The zero-order valence-electron chi connectivity index (χ0n) is 9.95.